The van der Waals surface area contributed by atoms with E-state index in [0.29, 0.717) is 0 Å². The van der Waals surface area contributed by atoms with Crippen molar-refractivity contribution in [2.24, 2.45) is 0 Å². The molecule has 1 rings (SSSR count). The van der Waals surface area contributed by atoms with Crippen LogP contribution in [0.25, 0.3) is 0 Å². The Morgan fingerprint density at radius 2 is 1.44 bits per heavy atom. The molecule has 0 bridgehead atoms. The lowest BCUT2D eigenvalue weighted by atomic mass is 9.89. The smallest absolute Gasteiger partial charge is 0.432 e. The van der Waals surface area contributed by atoms with Crippen LogP contribution < -0.4 is 4.74 Å². The fourth-order valence-electron chi connectivity index (χ4n) is 0.922. The van der Waals surface area contributed by atoms with Gasteiger partial charge in [-0.3, -0.25) is 0 Å². The van der Waals surface area contributed by atoms with Crippen molar-refractivity contribution in [3.8, 4) is 5.75 Å². The van der Waals surface area contributed by atoms with Gasteiger partial charge in [0.15, 0.2) is 0 Å². The molecule has 6 heteroatoms. The van der Waals surface area contributed by atoms with Crippen LogP contribution in [0.1, 0.15) is 27.7 Å². The van der Waals surface area contributed by atoms with Gasteiger partial charge >= 0.3 is 7.69 Å². The summed E-state index contributed by atoms with van der Waals surface area (Å²) >= 11 is 3.36. The minimum Gasteiger partial charge on any atom is -0.485 e. The first-order valence-corrected chi connectivity index (χ1v) is 6.32. The fourth-order valence-corrected chi connectivity index (χ4v) is 1.19. The van der Waals surface area contributed by atoms with E-state index in [-0.39, 0.29) is 0 Å². The molecule has 0 aromatic heterocycles. The quantitative estimate of drug-likeness (QED) is 0.741. The molecule has 0 radical (unpaired) electrons. The van der Waals surface area contributed by atoms with Gasteiger partial charge in [-0.25, -0.2) is 0 Å². The molecule has 0 aliphatic carbocycles. The molecule has 0 aliphatic rings. The molecule has 0 aliphatic heterocycles. The zero-order valence-electron chi connectivity index (χ0n) is 11.1. The first kappa shape index (κ1) is 17.4. The third-order valence-electron chi connectivity index (χ3n) is 2.66. The van der Waals surface area contributed by atoms with E-state index in [2.05, 4.69) is 15.9 Å². The van der Waals surface area contributed by atoms with Gasteiger partial charge < -0.3 is 19.9 Å². The molecule has 0 unspecified atom stereocenters. The van der Waals surface area contributed by atoms with Crippen LogP contribution in [-0.2, 0) is 0 Å². The molecule has 0 saturated heterocycles. The van der Waals surface area contributed by atoms with E-state index < -0.39 is 18.9 Å². The monoisotopic (exact) mass is 318 g/mol. The van der Waals surface area contributed by atoms with Crippen molar-refractivity contribution >= 4 is 23.6 Å². The summed E-state index contributed by atoms with van der Waals surface area (Å²) in [6.45, 7) is 7.22. The summed E-state index contributed by atoms with van der Waals surface area (Å²) in [6.07, 6.45) is 0. The zero-order valence-corrected chi connectivity index (χ0v) is 12.7. The van der Waals surface area contributed by atoms with Crippen LogP contribution in [0.2, 0.25) is 0 Å². The maximum Gasteiger partial charge on any atom is 0.432 e. The minimum atomic E-state index is -0.889. The van der Waals surface area contributed by atoms with Crippen molar-refractivity contribution < 1.29 is 19.9 Å². The Balaban J connectivity index is 0.000000873. The molecule has 3 N–H and O–H groups in total. The maximum atomic E-state index is 9.93. The Bertz CT molecular complexity index is 346. The van der Waals surface area contributed by atoms with E-state index in [9.17, 15) is 5.11 Å². The predicted molar refractivity (Wildman–Crippen MR) is 76.7 cm³/mol. The van der Waals surface area contributed by atoms with E-state index >= 15 is 0 Å². The number of benzene rings is 1. The summed E-state index contributed by atoms with van der Waals surface area (Å²) in [5, 5.41) is 24.2. The number of hydrogen-bond acceptors (Lipinski definition) is 4. The lowest BCUT2D eigenvalue weighted by Crippen LogP contribution is -2.49. The minimum absolute atomic E-state index is 0.624. The summed E-state index contributed by atoms with van der Waals surface area (Å²) in [5.41, 5.74) is -1.51. The standard InChI is InChI=1S/C12H17BrO2.BH3O2/c1-11(2,14)12(3,4)15-10-7-5-9(13)6-8-10;2-1-3/h5-8,14H,1-4H3;1-3H. The molecule has 0 amide bonds. The van der Waals surface area contributed by atoms with Gasteiger partial charge in [0.2, 0.25) is 0 Å². The fraction of sp³-hybridized carbons (Fsp3) is 0.500. The Morgan fingerprint density at radius 3 is 1.78 bits per heavy atom. The largest absolute Gasteiger partial charge is 0.485 e. The van der Waals surface area contributed by atoms with E-state index in [1.54, 1.807) is 13.8 Å². The second kappa shape index (κ2) is 7.14. The van der Waals surface area contributed by atoms with Crippen LogP contribution >= 0.6 is 15.9 Å². The maximum absolute atomic E-state index is 9.93. The zero-order chi connectivity index (χ0) is 14.4. The third kappa shape index (κ3) is 5.86. The lowest BCUT2D eigenvalue weighted by molar-refractivity contribution is -0.0906. The van der Waals surface area contributed by atoms with Gasteiger partial charge in [-0.1, -0.05) is 15.9 Å². The molecule has 0 spiro atoms. The van der Waals surface area contributed by atoms with Crippen LogP contribution in [0.15, 0.2) is 28.7 Å². The summed E-state index contributed by atoms with van der Waals surface area (Å²) < 4.78 is 6.76. The van der Waals surface area contributed by atoms with Gasteiger partial charge in [0.1, 0.15) is 11.4 Å². The van der Waals surface area contributed by atoms with Crippen LogP contribution in [0.4, 0.5) is 0 Å². The molecular formula is C12H20BBrO4. The van der Waals surface area contributed by atoms with Gasteiger partial charge in [0, 0.05) is 4.47 Å². The van der Waals surface area contributed by atoms with Crippen molar-refractivity contribution in [3.63, 3.8) is 0 Å². The molecule has 0 heterocycles. The number of ether oxygens (including phenoxy) is 1. The normalized spacial score (nSPS) is 11.3. The Hall–Kier alpha value is -0.555. The predicted octanol–water partition coefficient (Wildman–Crippen LogP) is 1.61. The highest BCUT2D eigenvalue weighted by Gasteiger charge is 2.37. The van der Waals surface area contributed by atoms with Crippen LogP contribution in [0, 0.1) is 0 Å². The highest BCUT2D eigenvalue weighted by molar-refractivity contribution is 9.10. The van der Waals surface area contributed by atoms with Crippen molar-refractivity contribution in [2.45, 2.75) is 38.9 Å². The average molecular weight is 319 g/mol. The molecule has 0 atom stereocenters. The topological polar surface area (TPSA) is 69.9 Å². The molecular weight excluding hydrogens is 299 g/mol. The van der Waals surface area contributed by atoms with Gasteiger partial charge in [0.05, 0.1) is 5.60 Å². The van der Waals surface area contributed by atoms with Crippen LogP contribution in [0.3, 0.4) is 0 Å². The molecule has 4 nitrogen and oxygen atoms in total. The number of halogens is 1. The number of hydrogen-bond donors (Lipinski definition) is 3. The van der Waals surface area contributed by atoms with E-state index in [4.69, 9.17) is 14.8 Å². The van der Waals surface area contributed by atoms with Crippen LogP contribution in [0.5, 0.6) is 5.75 Å². The van der Waals surface area contributed by atoms with Crippen molar-refractivity contribution in [2.75, 3.05) is 0 Å². The second-order valence-electron chi connectivity index (χ2n) is 4.77. The molecule has 0 saturated carbocycles. The average Bonchev–Trinajstić information content (AvgIpc) is 2.20. The van der Waals surface area contributed by atoms with E-state index in [0.717, 1.165) is 10.2 Å². The third-order valence-corrected chi connectivity index (χ3v) is 3.19. The summed E-state index contributed by atoms with van der Waals surface area (Å²) in [7, 11) is -0.750. The van der Waals surface area contributed by atoms with Gasteiger partial charge in [0.25, 0.3) is 0 Å². The van der Waals surface area contributed by atoms with Crippen LogP contribution in [-0.4, -0.2) is 34.0 Å². The number of rotatable bonds is 3. The Labute approximate surface area is 117 Å². The SMILES string of the molecule is CC(C)(O)C(C)(C)Oc1ccc(Br)cc1.OBO. The highest BCUT2D eigenvalue weighted by Crippen LogP contribution is 2.28. The summed E-state index contributed by atoms with van der Waals surface area (Å²) in [5.74, 6) is 0.755. The van der Waals surface area contributed by atoms with Crippen molar-refractivity contribution in [3.05, 3.63) is 28.7 Å². The first-order chi connectivity index (χ1) is 8.14. The highest BCUT2D eigenvalue weighted by atomic mass is 79.9. The molecule has 1 aromatic rings. The molecule has 102 valence electrons. The van der Waals surface area contributed by atoms with Gasteiger partial charge in [-0.15, -0.1) is 0 Å². The van der Waals surface area contributed by atoms with Crippen molar-refractivity contribution in [1.82, 2.24) is 0 Å². The van der Waals surface area contributed by atoms with Gasteiger partial charge in [-0.2, -0.15) is 0 Å². The van der Waals surface area contributed by atoms with E-state index in [1.165, 1.54) is 0 Å². The Kier molecular flexibility index (Phi) is 6.92. The van der Waals surface area contributed by atoms with Gasteiger partial charge in [-0.05, 0) is 52.0 Å². The lowest BCUT2D eigenvalue weighted by Gasteiger charge is -2.37. The molecule has 18 heavy (non-hydrogen) atoms. The molecule has 1 aromatic carbocycles. The summed E-state index contributed by atoms with van der Waals surface area (Å²) in [4.78, 5) is 0. The van der Waals surface area contributed by atoms with E-state index in [1.807, 2.05) is 38.1 Å². The molecule has 0 fully saturated rings. The first-order valence-electron chi connectivity index (χ1n) is 5.52. The number of aliphatic hydroxyl groups is 1. The second-order valence-corrected chi connectivity index (χ2v) is 5.68. The summed E-state index contributed by atoms with van der Waals surface area (Å²) in [6, 6.07) is 7.57. The van der Waals surface area contributed by atoms with Crippen molar-refractivity contribution in [1.29, 1.82) is 0 Å². The Morgan fingerprint density at radius 1 is 1.06 bits per heavy atom.